The molecule has 0 saturated heterocycles. The molecule has 1 aromatic carbocycles. The van der Waals surface area contributed by atoms with Crippen molar-refractivity contribution in [1.29, 1.82) is 0 Å². The van der Waals surface area contributed by atoms with Crippen LogP contribution in [0.3, 0.4) is 0 Å². The number of phenols is 1. The molecular weight excluding hydrogens is 152 g/mol. The van der Waals surface area contributed by atoms with E-state index >= 15 is 0 Å². The lowest BCUT2D eigenvalue weighted by atomic mass is 10.2. The minimum absolute atomic E-state index is 0.138. The van der Waals surface area contributed by atoms with Crippen LogP contribution in [0.4, 0.5) is 0 Å². The average molecular weight is 162 g/mol. The van der Waals surface area contributed by atoms with Crippen molar-refractivity contribution in [3.63, 3.8) is 0 Å². The van der Waals surface area contributed by atoms with Crippen LogP contribution in [-0.4, -0.2) is 12.2 Å². The molecule has 62 valence electrons. The van der Waals surface area contributed by atoms with Crippen LogP contribution in [0.25, 0.3) is 6.08 Å². The van der Waals surface area contributed by atoms with E-state index in [-0.39, 0.29) is 5.75 Å². The summed E-state index contributed by atoms with van der Waals surface area (Å²) in [5.74, 6) is 0.595. The Morgan fingerprint density at radius 2 is 2.33 bits per heavy atom. The molecule has 0 aromatic heterocycles. The van der Waals surface area contributed by atoms with E-state index < -0.39 is 0 Å². The quantitative estimate of drug-likeness (QED) is 0.675. The maximum absolute atomic E-state index is 9.23. The van der Waals surface area contributed by atoms with E-state index in [1.165, 1.54) is 7.11 Å². The fourth-order valence-corrected chi connectivity index (χ4v) is 0.902. The first kappa shape index (κ1) is 8.44. The second-order valence-corrected chi connectivity index (χ2v) is 2.28. The largest absolute Gasteiger partial charge is 0.504 e. The minimum atomic E-state index is 0.138. The molecule has 12 heavy (non-hydrogen) atoms. The first-order chi connectivity index (χ1) is 5.77. The Labute approximate surface area is 71.4 Å². The molecule has 2 nitrogen and oxygen atoms in total. The Morgan fingerprint density at radius 1 is 1.58 bits per heavy atom. The normalized spacial score (nSPS) is 8.75. The number of benzene rings is 1. The van der Waals surface area contributed by atoms with Crippen LogP contribution >= 0.6 is 0 Å². The third kappa shape index (κ3) is 1.68. The third-order valence-corrected chi connectivity index (χ3v) is 1.47. The van der Waals surface area contributed by atoms with Gasteiger partial charge in [0.05, 0.1) is 7.11 Å². The van der Waals surface area contributed by atoms with Crippen molar-refractivity contribution in [2.75, 3.05) is 7.11 Å². The van der Waals surface area contributed by atoms with Gasteiger partial charge in [-0.1, -0.05) is 12.6 Å². The topological polar surface area (TPSA) is 29.5 Å². The van der Waals surface area contributed by atoms with Crippen molar-refractivity contribution in [2.45, 2.75) is 0 Å². The van der Waals surface area contributed by atoms with Crippen LogP contribution in [0.1, 0.15) is 5.56 Å². The van der Waals surface area contributed by atoms with Crippen molar-refractivity contribution < 1.29 is 9.84 Å². The van der Waals surface area contributed by atoms with Crippen molar-refractivity contribution in [3.05, 3.63) is 36.1 Å². The first-order valence-electron chi connectivity index (χ1n) is 3.50. The summed E-state index contributed by atoms with van der Waals surface area (Å²) in [5.41, 5.74) is 3.55. The van der Waals surface area contributed by atoms with Gasteiger partial charge in [0.25, 0.3) is 0 Å². The van der Waals surface area contributed by atoms with E-state index in [9.17, 15) is 5.11 Å². The van der Waals surface area contributed by atoms with Crippen LogP contribution in [0.2, 0.25) is 0 Å². The van der Waals surface area contributed by atoms with Crippen molar-refractivity contribution in [3.8, 4) is 11.5 Å². The molecule has 0 unspecified atom stereocenters. The van der Waals surface area contributed by atoms with Gasteiger partial charge in [-0.25, -0.2) is 0 Å². The van der Waals surface area contributed by atoms with Gasteiger partial charge in [0.2, 0.25) is 0 Å². The molecule has 0 spiro atoms. The highest BCUT2D eigenvalue weighted by atomic mass is 16.5. The molecule has 1 rings (SSSR count). The number of hydrogen-bond donors (Lipinski definition) is 1. The lowest BCUT2D eigenvalue weighted by molar-refractivity contribution is 0.373. The molecule has 0 fully saturated rings. The monoisotopic (exact) mass is 162 g/mol. The van der Waals surface area contributed by atoms with E-state index in [1.54, 1.807) is 24.3 Å². The zero-order chi connectivity index (χ0) is 8.97. The lowest BCUT2D eigenvalue weighted by Gasteiger charge is -2.02. The Balaban J connectivity index is 3.13. The van der Waals surface area contributed by atoms with E-state index in [2.05, 4.69) is 12.3 Å². The van der Waals surface area contributed by atoms with E-state index in [0.29, 0.717) is 5.75 Å². The Kier molecular flexibility index (Phi) is 2.57. The number of hydrogen-bond acceptors (Lipinski definition) is 2. The molecule has 1 N–H and O–H groups in total. The van der Waals surface area contributed by atoms with Crippen molar-refractivity contribution in [1.82, 2.24) is 0 Å². The lowest BCUT2D eigenvalue weighted by Crippen LogP contribution is -1.83. The fourth-order valence-electron chi connectivity index (χ4n) is 0.902. The predicted molar refractivity (Wildman–Crippen MR) is 48.3 cm³/mol. The van der Waals surface area contributed by atoms with Gasteiger partial charge in [-0.05, 0) is 23.8 Å². The maximum atomic E-state index is 9.23. The number of ether oxygens (including phenoxy) is 1. The molecule has 0 amide bonds. The van der Waals surface area contributed by atoms with Gasteiger partial charge in [0.15, 0.2) is 11.5 Å². The zero-order valence-electron chi connectivity index (χ0n) is 6.87. The molecule has 0 aliphatic heterocycles. The molecule has 0 heterocycles. The zero-order valence-corrected chi connectivity index (χ0v) is 6.87. The van der Waals surface area contributed by atoms with Crippen LogP contribution in [0.15, 0.2) is 30.5 Å². The third-order valence-electron chi connectivity index (χ3n) is 1.47. The molecule has 1 aromatic rings. The van der Waals surface area contributed by atoms with Gasteiger partial charge in [-0.2, -0.15) is 0 Å². The Hall–Kier alpha value is -1.66. The second-order valence-electron chi connectivity index (χ2n) is 2.28. The summed E-state index contributed by atoms with van der Waals surface area (Å²) in [6.45, 7) is 3.45. The van der Waals surface area contributed by atoms with Crippen LogP contribution in [-0.2, 0) is 0 Å². The summed E-state index contributed by atoms with van der Waals surface area (Å²) in [6.07, 6.45) is 1.71. The van der Waals surface area contributed by atoms with Gasteiger partial charge in [0, 0.05) is 0 Å². The smallest absolute Gasteiger partial charge is 0.161 e. The SMILES string of the molecule is C=C=Cc1ccc(O)c(OC)c1. The molecule has 0 aliphatic carbocycles. The van der Waals surface area contributed by atoms with Gasteiger partial charge in [-0.15, -0.1) is 5.73 Å². The minimum Gasteiger partial charge on any atom is -0.504 e. The number of aromatic hydroxyl groups is 1. The van der Waals surface area contributed by atoms with Gasteiger partial charge >= 0.3 is 0 Å². The van der Waals surface area contributed by atoms with Crippen LogP contribution in [0, 0.1) is 0 Å². The first-order valence-corrected chi connectivity index (χ1v) is 3.50. The van der Waals surface area contributed by atoms with Gasteiger partial charge < -0.3 is 9.84 Å². The summed E-state index contributed by atoms with van der Waals surface area (Å²) in [7, 11) is 1.51. The van der Waals surface area contributed by atoms with Crippen LogP contribution in [0.5, 0.6) is 11.5 Å². The van der Waals surface area contributed by atoms with Gasteiger partial charge in [0.1, 0.15) is 0 Å². The summed E-state index contributed by atoms with van der Waals surface area (Å²) in [5, 5.41) is 9.23. The molecule has 0 aliphatic rings. The highest BCUT2D eigenvalue weighted by molar-refractivity contribution is 5.54. The van der Waals surface area contributed by atoms with Crippen molar-refractivity contribution >= 4 is 6.08 Å². The van der Waals surface area contributed by atoms with E-state index in [1.807, 2.05) is 0 Å². The summed E-state index contributed by atoms with van der Waals surface area (Å²) in [4.78, 5) is 0. The van der Waals surface area contributed by atoms with E-state index in [0.717, 1.165) is 5.56 Å². The predicted octanol–water partition coefficient (Wildman–Crippen LogP) is 2.20. The summed E-state index contributed by atoms with van der Waals surface area (Å²) >= 11 is 0. The van der Waals surface area contributed by atoms with E-state index in [4.69, 9.17) is 4.74 Å². The average Bonchev–Trinajstić information content (AvgIpc) is 2.09. The Bertz CT molecular complexity index is 323. The highest BCUT2D eigenvalue weighted by Gasteiger charge is 1.99. The second kappa shape index (κ2) is 3.65. The van der Waals surface area contributed by atoms with Crippen molar-refractivity contribution in [2.24, 2.45) is 0 Å². The number of phenolic OH excluding ortho intramolecular Hbond substituents is 1. The molecule has 0 radical (unpaired) electrons. The van der Waals surface area contributed by atoms with Crippen LogP contribution < -0.4 is 4.74 Å². The summed E-state index contributed by atoms with van der Waals surface area (Å²) < 4.78 is 4.91. The molecule has 0 bridgehead atoms. The summed E-state index contributed by atoms with van der Waals surface area (Å²) in [6, 6.07) is 5.05. The molecule has 0 saturated carbocycles. The number of rotatable bonds is 2. The standard InChI is InChI=1S/C10H10O2/c1-3-4-8-5-6-9(11)10(7-8)12-2/h4-7,11H,1H2,2H3. The fraction of sp³-hybridized carbons (Fsp3) is 0.100. The maximum Gasteiger partial charge on any atom is 0.161 e. The highest BCUT2D eigenvalue weighted by Crippen LogP contribution is 2.26. The Morgan fingerprint density at radius 3 is 2.92 bits per heavy atom. The molecule has 2 heteroatoms. The molecular formula is C10H10O2. The van der Waals surface area contributed by atoms with Gasteiger partial charge in [-0.3, -0.25) is 0 Å². The number of methoxy groups -OCH3 is 1. The molecule has 0 atom stereocenters.